The summed E-state index contributed by atoms with van der Waals surface area (Å²) >= 11 is 11.8. The van der Waals surface area contributed by atoms with Crippen molar-refractivity contribution in [2.45, 2.75) is 19.5 Å². The molecule has 0 aliphatic heterocycles. The van der Waals surface area contributed by atoms with Crippen LogP contribution in [-0.2, 0) is 29.1 Å². The number of hydrogen-bond donors (Lipinski definition) is 1. The predicted octanol–water partition coefficient (Wildman–Crippen LogP) is 3.32. The molecule has 0 fully saturated rings. The number of rotatable bonds is 8. The minimum atomic E-state index is -0.784. The zero-order valence-corrected chi connectivity index (χ0v) is 20.5. The Labute approximate surface area is 214 Å². The van der Waals surface area contributed by atoms with Crippen molar-refractivity contribution in [3.8, 4) is 5.75 Å². The fourth-order valence-corrected chi connectivity index (χ4v) is 4.30. The summed E-state index contributed by atoms with van der Waals surface area (Å²) in [7, 11) is 1.49. The van der Waals surface area contributed by atoms with Gasteiger partial charge in [-0.05, 0) is 30.3 Å². The normalized spacial score (nSPS) is 10.9. The van der Waals surface area contributed by atoms with Gasteiger partial charge in [0.1, 0.15) is 22.6 Å². The summed E-state index contributed by atoms with van der Waals surface area (Å²) in [4.78, 5) is 55.9. The number of nitrogens with zero attached hydrogens (tertiary/aromatic N) is 3. The van der Waals surface area contributed by atoms with Crippen LogP contribution in [0.2, 0.25) is 10.3 Å². The summed E-state index contributed by atoms with van der Waals surface area (Å²) in [5, 5.41) is 2.98. The predicted molar refractivity (Wildman–Crippen MR) is 137 cm³/mol. The van der Waals surface area contributed by atoms with Crippen LogP contribution < -0.4 is 21.3 Å². The molecule has 2 aromatic heterocycles. The van der Waals surface area contributed by atoms with Gasteiger partial charge in [-0.1, -0.05) is 53.5 Å². The zero-order chi connectivity index (χ0) is 25.8. The maximum absolute atomic E-state index is 13.3. The molecule has 1 N–H and O–H groups in total. The molecule has 0 saturated carbocycles. The minimum absolute atomic E-state index is 0.0350. The van der Waals surface area contributed by atoms with Crippen LogP contribution in [0.5, 0.6) is 5.75 Å². The van der Waals surface area contributed by atoms with Gasteiger partial charge in [-0.3, -0.25) is 23.5 Å². The summed E-state index contributed by atoms with van der Waals surface area (Å²) in [5.74, 6) is -0.403. The van der Waals surface area contributed by atoms with Crippen LogP contribution in [0.4, 0.5) is 5.69 Å². The number of fused-ring (bicyclic) bond motifs is 1. The van der Waals surface area contributed by atoms with Crippen LogP contribution in [0.1, 0.15) is 5.56 Å². The lowest BCUT2D eigenvalue weighted by atomic mass is 10.1. The number of ether oxygens (including phenoxy) is 1. The number of pyridine rings is 1. The van der Waals surface area contributed by atoms with Gasteiger partial charge in [0.25, 0.3) is 5.56 Å². The molecule has 11 heteroatoms. The fourth-order valence-electron chi connectivity index (χ4n) is 3.84. The van der Waals surface area contributed by atoms with Gasteiger partial charge >= 0.3 is 5.69 Å². The van der Waals surface area contributed by atoms with Crippen molar-refractivity contribution in [3.63, 3.8) is 0 Å². The van der Waals surface area contributed by atoms with Crippen molar-refractivity contribution in [1.82, 2.24) is 14.1 Å². The summed E-state index contributed by atoms with van der Waals surface area (Å²) in [6.07, 6.45) is -0.0350. The number of nitrogens with one attached hydrogen (secondary N) is 1. The van der Waals surface area contributed by atoms with Gasteiger partial charge in [0, 0.05) is 17.7 Å². The molecule has 0 unspecified atom stereocenters. The molecule has 0 bridgehead atoms. The Bertz CT molecular complexity index is 1580. The van der Waals surface area contributed by atoms with Crippen molar-refractivity contribution in [2.75, 3.05) is 12.4 Å². The Balaban J connectivity index is 1.67. The largest absolute Gasteiger partial charge is 0.496 e. The van der Waals surface area contributed by atoms with Crippen molar-refractivity contribution < 1.29 is 14.3 Å². The second kappa shape index (κ2) is 10.8. The van der Waals surface area contributed by atoms with Crippen LogP contribution in [0, 0.1) is 0 Å². The molecule has 4 aromatic rings. The standard InChI is InChI=1S/C25H20Cl2N4O5/c1-36-20-9-5-2-6-15(20)10-17(32)13-31-24(34)18-7-3-4-8-19(18)30(25(31)35)14-23(33)28-16-11-21(26)29-22(27)12-16/h2-9,11-12H,10,13-14H2,1H3,(H,28,29,33). The van der Waals surface area contributed by atoms with Gasteiger partial charge in [-0.2, -0.15) is 0 Å². The van der Waals surface area contributed by atoms with Crippen LogP contribution in [0.3, 0.4) is 0 Å². The van der Waals surface area contributed by atoms with E-state index in [0.29, 0.717) is 17.0 Å². The maximum atomic E-state index is 13.3. The zero-order valence-electron chi connectivity index (χ0n) is 19.0. The number of aromatic nitrogens is 3. The van der Waals surface area contributed by atoms with E-state index in [0.717, 1.165) is 9.13 Å². The molecule has 4 rings (SSSR count). The lowest BCUT2D eigenvalue weighted by Gasteiger charge is -2.14. The van der Waals surface area contributed by atoms with Gasteiger partial charge in [0.05, 0.1) is 24.6 Å². The van der Waals surface area contributed by atoms with E-state index in [1.807, 2.05) is 0 Å². The molecule has 0 atom stereocenters. The van der Waals surface area contributed by atoms with E-state index in [1.54, 1.807) is 42.5 Å². The van der Waals surface area contributed by atoms with Crippen LogP contribution >= 0.6 is 23.2 Å². The highest BCUT2D eigenvalue weighted by molar-refractivity contribution is 6.33. The number of amides is 1. The number of ketones is 1. The molecule has 184 valence electrons. The second-order valence-corrected chi connectivity index (χ2v) is 8.63. The summed E-state index contributed by atoms with van der Waals surface area (Å²) < 4.78 is 7.26. The molecule has 2 aromatic carbocycles. The van der Waals surface area contributed by atoms with Crippen molar-refractivity contribution in [2.24, 2.45) is 0 Å². The Kier molecular flexibility index (Phi) is 7.52. The van der Waals surface area contributed by atoms with E-state index < -0.39 is 30.2 Å². The molecule has 0 aliphatic carbocycles. The molecule has 1 amide bonds. The maximum Gasteiger partial charge on any atom is 0.332 e. The van der Waals surface area contributed by atoms with E-state index in [9.17, 15) is 19.2 Å². The number of benzene rings is 2. The third-order valence-corrected chi connectivity index (χ3v) is 5.78. The number of halogens is 2. The average Bonchev–Trinajstić information content (AvgIpc) is 2.84. The molecule has 9 nitrogen and oxygen atoms in total. The summed E-state index contributed by atoms with van der Waals surface area (Å²) in [5.41, 5.74) is -0.209. The molecule has 0 radical (unpaired) electrons. The topological polar surface area (TPSA) is 112 Å². The van der Waals surface area contributed by atoms with Crippen LogP contribution in [0.25, 0.3) is 10.9 Å². The highest BCUT2D eigenvalue weighted by Crippen LogP contribution is 2.19. The first kappa shape index (κ1) is 25.2. The van der Waals surface area contributed by atoms with E-state index >= 15 is 0 Å². The van der Waals surface area contributed by atoms with Crippen molar-refractivity contribution >= 4 is 51.5 Å². The number of para-hydroxylation sites is 2. The monoisotopic (exact) mass is 526 g/mol. The molecule has 0 aliphatic rings. The SMILES string of the molecule is COc1ccccc1CC(=O)Cn1c(=O)c2ccccc2n(CC(=O)Nc2cc(Cl)nc(Cl)c2)c1=O. The quantitative estimate of drug-likeness (QED) is 0.352. The minimum Gasteiger partial charge on any atom is -0.496 e. The summed E-state index contributed by atoms with van der Waals surface area (Å²) in [6, 6.07) is 16.2. The Morgan fingerprint density at radius 2 is 1.61 bits per heavy atom. The van der Waals surface area contributed by atoms with E-state index in [2.05, 4.69) is 10.3 Å². The van der Waals surface area contributed by atoms with Gasteiger partial charge < -0.3 is 10.1 Å². The Morgan fingerprint density at radius 3 is 2.33 bits per heavy atom. The van der Waals surface area contributed by atoms with Crippen LogP contribution in [0.15, 0.2) is 70.3 Å². The second-order valence-electron chi connectivity index (χ2n) is 7.85. The lowest BCUT2D eigenvalue weighted by molar-refractivity contribution is -0.119. The molecule has 36 heavy (non-hydrogen) atoms. The van der Waals surface area contributed by atoms with Gasteiger partial charge in [-0.25, -0.2) is 9.78 Å². The molecular formula is C25H20Cl2N4O5. The third kappa shape index (κ3) is 5.48. The number of hydrogen-bond acceptors (Lipinski definition) is 6. The Morgan fingerprint density at radius 1 is 0.944 bits per heavy atom. The van der Waals surface area contributed by atoms with E-state index in [4.69, 9.17) is 27.9 Å². The smallest absolute Gasteiger partial charge is 0.332 e. The third-order valence-electron chi connectivity index (χ3n) is 5.40. The lowest BCUT2D eigenvalue weighted by Crippen LogP contribution is -2.43. The van der Waals surface area contributed by atoms with Crippen molar-refractivity contribution in [3.05, 3.63) is 97.4 Å². The highest BCUT2D eigenvalue weighted by atomic mass is 35.5. The highest BCUT2D eigenvalue weighted by Gasteiger charge is 2.18. The van der Waals surface area contributed by atoms with Gasteiger partial charge in [0.15, 0.2) is 5.78 Å². The number of carbonyl (C=O) groups is 2. The van der Waals surface area contributed by atoms with Gasteiger partial charge in [-0.15, -0.1) is 0 Å². The number of Topliss-reactive ketones (excluding diaryl/α,β-unsaturated/α-hetero) is 1. The molecule has 0 spiro atoms. The first-order chi connectivity index (χ1) is 17.3. The van der Waals surface area contributed by atoms with E-state index in [-0.39, 0.29) is 33.4 Å². The molecule has 2 heterocycles. The van der Waals surface area contributed by atoms with Crippen LogP contribution in [-0.4, -0.2) is 32.9 Å². The number of methoxy groups -OCH3 is 1. The fraction of sp³-hybridized carbons (Fsp3) is 0.160. The Hall–Kier alpha value is -3.95. The summed E-state index contributed by atoms with van der Waals surface area (Å²) in [6.45, 7) is -0.879. The first-order valence-electron chi connectivity index (χ1n) is 10.8. The van der Waals surface area contributed by atoms with E-state index in [1.165, 1.54) is 25.3 Å². The number of anilines is 1. The molecular weight excluding hydrogens is 507 g/mol. The first-order valence-corrected chi connectivity index (χ1v) is 11.5. The average molecular weight is 527 g/mol. The molecule has 0 saturated heterocycles. The number of carbonyl (C=O) groups excluding carboxylic acids is 2. The van der Waals surface area contributed by atoms with Gasteiger partial charge in [0.2, 0.25) is 5.91 Å². The van der Waals surface area contributed by atoms with Crippen molar-refractivity contribution in [1.29, 1.82) is 0 Å².